The molecular formula is C12H17BrN2O2S. The summed E-state index contributed by atoms with van der Waals surface area (Å²) in [5, 5.41) is 0. The van der Waals surface area contributed by atoms with Crippen molar-refractivity contribution in [2.75, 3.05) is 13.6 Å². The summed E-state index contributed by atoms with van der Waals surface area (Å²) in [5.41, 5.74) is 7.18. The Labute approximate surface area is 117 Å². The molecule has 0 bridgehead atoms. The molecule has 0 aliphatic carbocycles. The van der Waals surface area contributed by atoms with Crippen molar-refractivity contribution in [1.29, 1.82) is 0 Å². The van der Waals surface area contributed by atoms with Crippen LogP contribution in [-0.2, 0) is 16.6 Å². The highest BCUT2D eigenvalue weighted by Gasteiger charge is 2.23. The highest BCUT2D eigenvalue weighted by molar-refractivity contribution is 9.10. The lowest BCUT2D eigenvalue weighted by Crippen LogP contribution is -2.28. The number of benzene rings is 1. The van der Waals surface area contributed by atoms with Crippen molar-refractivity contribution in [3.8, 4) is 0 Å². The van der Waals surface area contributed by atoms with E-state index in [0.717, 1.165) is 11.1 Å². The molecule has 0 radical (unpaired) electrons. The standard InChI is InChI=1S/C12H17BrN2O2S/c1-9(2)8-15(3)18(16,17)12-5-4-10(7-14)6-11(12)13/h4-6H,1,7-8,14H2,2-3H3. The van der Waals surface area contributed by atoms with Crippen LogP contribution >= 0.6 is 15.9 Å². The van der Waals surface area contributed by atoms with Gasteiger partial charge in [-0.05, 0) is 40.5 Å². The number of likely N-dealkylation sites (N-methyl/N-ethyl adjacent to an activating group) is 1. The van der Waals surface area contributed by atoms with Crippen LogP contribution in [0.15, 0.2) is 39.7 Å². The zero-order valence-electron chi connectivity index (χ0n) is 10.5. The number of nitrogens with two attached hydrogens (primary N) is 1. The zero-order chi connectivity index (χ0) is 13.9. The molecule has 4 nitrogen and oxygen atoms in total. The topological polar surface area (TPSA) is 63.4 Å². The summed E-state index contributed by atoms with van der Waals surface area (Å²) in [5.74, 6) is 0. The predicted molar refractivity (Wildman–Crippen MR) is 76.7 cm³/mol. The Kier molecular flexibility index (Phi) is 5.10. The Bertz CT molecular complexity index is 555. The van der Waals surface area contributed by atoms with Gasteiger partial charge in [-0.3, -0.25) is 0 Å². The average molecular weight is 333 g/mol. The molecule has 1 aromatic rings. The Morgan fingerprint density at radius 2 is 2.11 bits per heavy atom. The van der Waals surface area contributed by atoms with Gasteiger partial charge in [0, 0.05) is 24.6 Å². The first-order valence-electron chi connectivity index (χ1n) is 5.38. The fourth-order valence-electron chi connectivity index (χ4n) is 1.51. The van der Waals surface area contributed by atoms with Crippen LogP contribution in [0, 0.1) is 0 Å². The van der Waals surface area contributed by atoms with E-state index in [1.165, 1.54) is 11.4 Å². The van der Waals surface area contributed by atoms with E-state index in [9.17, 15) is 8.42 Å². The third-order valence-corrected chi connectivity index (χ3v) is 5.19. The normalized spacial score (nSPS) is 11.8. The molecule has 0 spiro atoms. The molecule has 0 saturated carbocycles. The minimum atomic E-state index is -3.50. The lowest BCUT2D eigenvalue weighted by Gasteiger charge is -2.18. The second kappa shape index (κ2) is 5.97. The van der Waals surface area contributed by atoms with Crippen LogP contribution in [0.1, 0.15) is 12.5 Å². The molecule has 1 aromatic carbocycles. The highest BCUT2D eigenvalue weighted by atomic mass is 79.9. The summed E-state index contributed by atoms with van der Waals surface area (Å²) in [6.45, 7) is 6.18. The van der Waals surface area contributed by atoms with Crippen LogP contribution in [0.25, 0.3) is 0 Å². The molecule has 0 unspecified atom stereocenters. The molecule has 0 aromatic heterocycles. The van der Waals surface area contributed by atoms with Gasteiger partial charge in [0.2, 0.25) is 10.0 Å². The summed E-state index contributed by atoms with van der Waals surface area (Å²) in [6.07, 6.45) is 0. The van der Waals surface area contributed by atoms with Gasteiger partial charge < -0.3 is 5.73 Å². The van der Waals surface area contributed by atoms with Gasteiger partial charge in [-0.15, -0.1) is 0 Å². The van der Waals surface area contributed by atoms with Crippen LogP contribution in [-0.4, -0.2) is 26.3 Å². The summed E-state index contributed by atoms with van der Waals surface area (Å²) in [4.78, 5) is 0.239. The summed E-state index contributed by atoms with van der Waals surface area (Å²) < 4.78 is 26.4. The first kappa shape index (κ1) is 15.4. The molecule has 6 heteroatoms. The zero-order valence-corrected chi connectivity index (χ0v) is 12.9. The predicted octanol–water partition coefficient (Wildman–Crippen LogP) is 2.10. The fraction of sp³-hybridized carbons (Fsp3) is 0.333. The first-order valence-corrected chi connectivity index (χ1v) is 7.61. The lowest BCUT2D eigenvalue weighted by molar-refractivity contribution is 0.492. The SMILES string of the molecule is C=C(C)CN(C)S(=O)(=O)c1ccc(CN)cc1Br. The summed E-state index contributed by atoms with van der Waals surface area (Å²) in [6, 6.07) is 5.00. The van der Waals surface area contributed by atoms with Crippen LogP contribution < -0.4 is 5.73 Å². The average Bonchev–Trinajstić information content (AvgIpc) is 2.27. The van der Waals surface area contributed by atoms with Gasteiger partial charge in [0.25, 0.3) is 0 Å². The molecule has 18 heavy (non-hydrogen) atoms. The fourth-order valence-corrected chi connectivity index (χ4v) is 3.82. The first-order chi connectivity index (χ1) is 8.28. The maximum absolute atomic E-state index is 12.3. The molecule has 0 aliphatic rings. The lowest BCUT2D eigenvalue weighted by atomic mass is 10.2. The van der Waals surface area contributed by atoms with Crippen LogP contribution in [0.3, 0.4) is 0 Å². The van der Waals surface area contributed by atoms with E-state index in [2.05, 4.69) is 22.5 Å². The number of rotatable bonds is 5. The summed E-state index contributed by atoms with van der Waals surface area (Å²) >= 11 is 3.27. The maximum atomic E-state index is 12.3. The smallest absolute Gasteiger partial charge is 0.244 e. The molecule has 0 heterocycles. The van der Waals surface area contributed by atoms with E-state index in [0.29, 0.717) is 17.6 Å². The molecular weight excluding hydrogens is 316 g/mol. The third-order valence-electron chi connectivity index (χ3n) is 2.41. The largest absolute Gasteiger partial charge is 0.326 e. The van der Waals surface area contributed by atoms with Crippen molar-refractivity contribution in [3.05, 3.63) is 40.4 Å². The molecule has 0 saturated heterocycles. The van der Waals surface area contributed by atoms with E-state index in [1.54, 1.807) is 25.1 Å². The van der Waals surface area contributed by atoms with Gasteiger partial charge in [-0.1, -0.05) is 18.2 Å². The molecule has 1 rings (SSSR count). The van der Waals surface area contributed by atoms with Gasteiger partial charge in [-0.25, -0.2) is 8.42 Å². The minimum Gasteiger partial charge on any atom is -0.326 e. The number of sulfonamides is 1. The van der Waals surface area contributed by atoms with Crippen molar-refractivity contribution in [1.82, 2.24) is 4.31 Å². The van der Waals surface area contributed by atoms with Crippen molar-refractivity contribution < 1.29 is 8.42 Å². The van der Waals surface area contributed by atoms with Gasteiger partial charge in [-0.2, -0.15) is 4.31 Å². The molecule has 0 atom stereocenters. The molecule has 2 N–H and O–H groups in total. The highest BCUT2D eigenvalue weighted by Crippen LogP contribution is 2.25. The van der Waals surface area contributed by atoms with Crippen molar-refractivity contribution in [2.24, 2.45) is 5.73 Å². The molecule has 0 amide bonds. The minimum absolute atomic E-state index is 0.239. The third kappa shape index (κ3) is 3.41. The van der Waals surface area contributed by atoms with Gasteiger partial charge in [0.15, 0.2) is 0 Å². The second-order valence-electron chi connectivity index (χ2n) is 4.19. The Balaban J connectivity index is 3.16. The van der Waals surface area contributed by atoms with Crippen LogP contribution in [0.4, 0.5) is 0 Å². The van der Waals surface area contributed by atoms with Gasteiger partial charge in [0.05, 0.1) is 4.90 Å². The van der Waals surface area contributed by atoms with E-state index < -0.39 is 10.0 Å². The van der Waals surface area contributed by atoms with E-state index in [1.807, 2.05) is 0 Å². The number of hydrogen-bond acceptors (Lipinski definition) is 3. The van der Waals surface area contributed by atoms with E-state index in [4.69, 9.17) is 5.73 Å². The quantitative estimate of drug-likeness (QED) is 0.840. The van der Waals surface area contributed by atoms with Gasteiger partial charge in [0.1, 0.15) is 0 Å². The van der Waals surface area contributed by atoms with Crippen molar-refractivity contribution in [2.45, 2.75) is 18.4 Å². The van der Waals surface area contributed by atoms with Crippen molar-refractivity contribution in [3.63, 3.8) is 0 Å². The second-order valence-corrected chi connectivity index (χ2v) is 7.05. The molecule has 0 fully saturated rings. The Hall–Kier alpha value is -0.690. The number of hydrogen-bond donors (Lipinski definition) is 1. The monoisotopic (exact) mass is 332 g/mol. The van der Waals surface area contributed by atoms with Crippen LogP contribution in [0.2, 0.25) is 0 Å². The molecule has 0 aliphatic heterocycles. The summed E-state index contributed by atoms with van der Waals surface area (Å²) in [7, 11) is -1.97. The van der Waals surface area contributed by atoms with Gasteiger partial charge >= 0.3 is 0 Å². The number of nitrogens with zero attached hydrogens (tertiary/aromatic N) is 1. The maximum Gasteiger partial charge on any atom is 0.244 e. The van der Waals surface area contributed by atoms with Crippen molar-refractivity contribution >= 4 is 26.0 Å². The Morgan fingerprint density at radius 1 is 1.50 bits per heavy atom. The molecule has 100 valence electrons. The number of halogens is 1. The van der Waals surface area contributed by atoms with E-state index in [-0.39, 0.29) is 4.90 Å². The van der Waals surface area contributed by atoms with E-state index >= 15 is 0 Å². The Morgan fingerprint density at radius 3 is 2.56 bits per heavy atom. The van der Waals surface area contributed by atoms with Crippen LogP contribution in [0.5, 0.6) is 0 Å².